The first-order valence-corrected chi connectivity index (χ1v) is 9.51. The number of benzene rings is 1. The minimum atomic E-state index is -0.243. The molecule has 6 heteroatoms. The van der Waals surface area contributed by atoms with Gasteiger partial charge in [0.1, 0.15) is 5.82 Å². The van der Waals surface area contributed by atoms with E-state index in [-0.39, 0.29) is 11.9 Å². The molecule has 2 N–H and O–H groups in total. The lowest BCUT2D eigenvalue weighted by Crippen LogP contribution is -2.44. The Bertz CT molecular complexity index is 517. The van der Waals surface area contributed by atoms with E-state index in [4.69, 9.17) is 4.74 Å². The van der Waals surface area contributed by atoms with Gasteiger partial charge in [-0.05, 0) is 57.1 Å². The quantitative estimate of drug-likeness (QED) is 0.466. The summed E-state index contributed by atoms with van der Waals surface area (Å²) < 4.78 is 18.6. The summed E-state index contributed by atoms with van der Waals surface area (Å²) in [6, 6.07) is 6.73. The Labute approximate surface area is 158 Å². The van der Waals surface area contributed by atoms with Gasteiger partial charge in [0, 0.05) is 26.7 Å². The number of nitrogens with zero attached hydrogens (tertiary/aromatic N) is 2. The van der Waals surface area contributed by atoms with Crippen LogP contribution in [0.3, 0.4) is 0 Å². The molecule has 0 aliphatic rings. The molecule has 0 fully saturated rings. The zero-order valence-electron chi connectivity index (χ0n) is 16.9. The highest BCUT2D eigenvalue weighted by molar-refractivity contribution is 5.79. The highest BCUT2D eigenvalue weighted by atomic mass is 19.1. The van der Waals surface area contributed by atoms with Gasteiger partial charge in [0.15, 0.2) is 5.96 Å². The number of rotatable bonds is 11. The number of methoxy groups -OCH3 is 1. The number of ether oxygens (including phenoxy) is 1. The molecule has 0 saturated heterocycles. The van der Waals surface area contributed by atoms with Crippen LogP contribution in [0, 0.1) is 5.82 Å². The van der Waals surface area contributed by atoms with Crippen molar-refractivity contribution in [3.05, 3.63) is 35.6 Å². The number of hydrogen-bond donors (Lipinski definition) is 2. The van der Waals surface area contributed by atoms with Crippen molar-refractivity contribution in [1.82, 2.24) is 15.5 Å². The van der Waals surface area contributed by atoms with Crippen LogP contribution in [-0.4, -0.2) is 57.2 Å². The summed E-state index contributed by atoms with van der Waals surface area (Å²) in [5, 5.41) is 6.72. The lowest BCUT2D eigenvalue weighted by atomic mass is 10.1. The normalized spacial score (nSPS) is 14.3. The van der Waals surface area contributed by atoms with Gasteiger partial charge in [-0.1, -0.05) is 26.0 Å². The van der Waals surface area contributed by atoms with Crippen molar-refractivity contribution in [2.24, 2.45) is 4.99 Å². The fourth-order valence-electron chi connectivity index (χ4n) is 2.87. The minimum Gasteiger partial charge on any atom is -0.375 e. The summed E-state index contributed by atoms with van der Waals surface area (Å²) in [7, 11) is 3.42. The molecule has 0 heterocycles. The van der Waals surface area contributed by atoms with E-state index in [0.717, 1.165) is 44.0 Å². The van der Waals surface area contributed by atoms with Gasteiger partial charge in [-0.15, -0.1) is 0 Å². The number of guanidine groups is 1. The average molecular weight is 367 g/mol. The Hall–Kier alpha value is -1.66. The van der Waals surface area contributed by atoms with Crippen molar-refractivity contribution in [3.8, 4) is 0 Å². The van der Waals surface area contributed by atoms with Crippen LogP contribution in [0.5, 0.6) is 0 Å². The van der Waals surface area contributed by atoms with Crippen molar-refractivity contribution in [2.75, 3.05) is 40.3 Å². The van der Waals surface area contributed by atoms with Crippen LogP contribution in [0.4, 0.5) is 4.39 Å². The number of halogens is 1. The van der Waals surface area contributed by atoms with Crippen LogP contribution >= 0.6 is 0 Å². The third-order valence-corrected chi connectivity index (χ3v) is 4.59. The largest absolute Gasteiger partial charge is 0.375 e. The smallest absolute Gasteiger partial charge is 0.191 e. The summed E-state index contributed by atoms with van der Waals surface area (Å²) in [6.07, 6.45) is 2.08. The Morgan fingerprint density at radius 2 is 1.88 bits per heavy atom. The van der Waals surface area contributed by atoms with Gasteiger partial charge in [0.2, 0.25) is 0 Å². The zero-order valence-corrected chi connectivity index (χ0v) is 16.9. The van der Waals surface area contributed by atoms with E-state index in [2.05, 4.69) is 41.3 Å². The summed E-state index contributed by atoms with van der Waals surface area (Å²) in [4.78, 5) is 6.72. The molecule has 26 heavy (non-hydrogen) atoms. The summed E-state index contributed by atoms with van der Waals surface area (Å²) in [5.74, 6) is 0.511. The Balaban J connectivity index is 2.42. The molecule has 2 unspecified atom stereocenters. The Morgan fingerprint density at radius 1 is 1.23 bits per heavy atom. The van der Waals surface area contributed by atoms with E-state index in [9.17, 15) is 4.39 Å². The molecule has 5 nitrogen and oxygen atoms in total. The lowest BCUT2D eigenvalue weighted by molar-refractivity contribution is 0.106. The molecule has 0 aromatic heterocycles. The standard InChI is InChI=1S/C20H35FN4O/c1-6-25(7-2)14-8-9-16(3)24-20(22-4)23-15-19(26-5)17-10-12-18(21)13-11-17/h10-13,16,19H,6-9,14-15H2,1-5H3,(H2,22,23,24). The summed E-state index contributed by atoms with van der Waals surface area (Å²) >= 11 is 0. The van der Waals surface area contributed by atoms with Crippen molar-refractivity contribution >= 4 is 5.96 Å². The van der Waals surface area contributed by atoms with E-state index >= 15 is 0 Å². The van der Waals surface area contributed by atoms with E-state index in [1.54, 1.807) is 26.3 Å². The molecular weight excluding hydrogens is 331 g/mol. The van der Waals surface area contributed by atoms with E-state index in [1.807, 2.05) is 0 Å². The molecule has 1 aromatic rings. The van der Waals surface area contributed by atoms with Crippen molar-refractivity contribution in [1.29, 1.82) is 0 Å². The van der Waals surface area contributed by atoms with Crippen LogP contribution in [0.1, 0.15) is 45.3 Å². The van der Waals surface area contributed by atoms with Gasteiger partial charge >= 0.3 is 0 Å². The first-order chi connectivity index (χ1) is 12.5. The molecule has 0 radical (unpaired) electrons. The molecule has 0 spiro atoms. The fraction of sp³-hybridized carbons (Fsp3) is 0.650. The van der Waals surface area contributed by atoms with Crippen molar-refractivity contribution < 1.29 is 9.13 Å². The van der Waals surface area contributed by atoms with E-state index in [0.29, 0.717) is 12.6 Å². The Kier molecular flexibility index (Phi) is 10.9. The highest BCUT2D eigenvalue weighted by Gasteiger charge is 2.12. The zero-order chi connectivity index (χ0) is 19.4. The maximum Gasteiger partial charge on any atom is 0.191 e. The first kappa shape index (κ1) is 22.4. The molecule has 1 aromatic carbocycles. The highest BCUT2D eigenvalue weighted by Crippen LogP contribution is 2.16. The van der Waals surface area contributed by atoms with Crippen LogP contribution in [0.2, 0.25) is 0 Å². The molecule has 0 amide bonds. The Morgan fingerprint density at radius 3 is 2.42 bits per heavy atom. The minimum absolute atomic E-state index is 0.160. The number of nitrogens with one attached hydrogen (secondary N) is 2. The van der Waals surface area contributed by atoms with Gasteiger partial charge in [-0.25, -0.2) is 4.39 Å². The monoisotopic (exact) mass is 366 g/mol. The third kappa shape index (κ3) is 8.15. The van der Waals surface area contributed by atoms with Gasteiger partial charge < -0.3 is 20.3 Å². The van der Waals surface area contributed by atoms with E-state index in [1.165, 1.54) is 12.1 Å². The van der Waals surface area contributed by atoms with Crippen molar-refractivity contribution in [3.63, 3.8) is 0 Å². The van der Waals surface area contributed by atoms with E-state index < -0.39 is 0 Å². The SMILES string of the molecule is CCN(CC)CCCC(C)NC(=NC)NCC(OC)c1ccc(F)cc1. The maximum atomic E-state index is 13.1. The maximum absolute atomic E-state index is 13.1. The molecule has 0 bridgehead atoms. The summed E-state index contributed by atoms with van der Waals surface area (Å²) in [6.45, 7) is 10.5. The first-order valence-electron chi connectivity index (χ1n) is 9.51. The van der Waals surface area contributed by atoms with Gasteiger partial charge in [0.25, 0.3) is 0 Å². The van der Waals surface area contributed by atoms with Gasteiger partial charge in [-0.3, -0.25) is 4.99 Å². The van der Waals surface area contributed by atoms with Gasteiger partial charge in [0.05, 0.1) is 6.10 Å². The molecule has 0 aliphatic heterocycles. The number of hydrogen-bond acceptors (Lipinski definition) is 3. The van der Waals surface area contributed by atoms with Gasteiger partial charge in [-0.2, -0.15) is 0 Å². The molecular formula is C20H35FN4O. The third-order valence-electron chi connectivity index (χ3n) is 4.59. The average Bonchev–Trinajstić information content (AvgIpc) is 2.66. The second-order valence-corrected chi connectivity index (χ2v) is 6.44. The second-order valence-electron chi connectivity index (χ2n) is 6.44. The lowest BCUT2D eigenvalue weighted by Gasteiger charge is -2.22. The summed E-state index contributed by atoms with van der Waals surface area (Å²) in [5.41, 5.74) is 0.934. The van der Waals surface area contributed by atoms with Crippen LogP contribution in [0.15, 0.2) is 29.3 Å². The molecule has 0 saturated carbocycles. The predicted molar refractivity (Wildman–Crippen MR) is 107 cm³/mol. The number of aliphatic imine (C=N–C) groups is 1. The van der Waals surface area contributed by atoms with Crippen molar-refractivity contribution in [2.45, 2.75) is 45.8 Å². The molecule has 148 valence electrons. The van der Waals surface area contributed by atoms with Crippen LogP contribution in [0.25, 0.3) is 0 Å². The molecule has 0 aliphatic carbocycles. The van der Waals surface area contributed by atoms with Crippen LogP contribution < -0.4 is 10.6 Å². The second kappa shape index (κ2) is 12.7. The van der Waals surface area contributed by atoms with Crippen LogP contribution in [-0.2, 0) is 4.74 Å². The molecule has 1 rings (SSSR count). The topological polar surface area (TPSA) is 48.9 Å². The predicted octanol–water partition coefficient (Wildman–Crippen LogP) is 3.19. The fourth-order valence-corrected chi connectivity index (χ4v) is 2.87. The molecule has 2 atom stereocenters.